The van der Waals surface area contributed by atoms with E-state index in [0.29, 0.717) is 19.4 Å². The molecule has 6 nitrogen and oxygen atoms in total. The van der Waals surface area contributed by atoms with Crippen LogP contribution in [0.1, 0.15) is 39.5 Å². The molecule has 4 N–H and O–H groups in total. The molecule has 0 aromatic rings. The summed E-state index contributed by atoms with van der Waals surface area (Å²) in [6.45, 7) is 4.57. The molecule has 0 aromatic carbocycles. The van der Waals surface area contributed by atoms with Crippen molar-refractivity contribution in [1.82, 2.24) is 5.32 Å². The number of aliphatic carboxylic acids is 1. The number of ether oxygens (including phenoxy) is 1. The Bertz CT molecular complexity index is 472. The number of nitrogens with one attached hydrogen (secondary N) is 1. The Balaban J connectivity index is 1.81. The van der Waals surface area contributed by atoms with E-state index in [1.807, 2.05) is 13.8 Å². The fourth-order valence-corrected chi connectivity index (χ4v) is 3.87. The molecule has 112 valence electrons. The molecule has 0 radical (unpaired) electrons. The van der Waals surface area contributed by atoms with Crippen molar-refractivity contribution >= 4 is 11.9 Å². The minimum atomic E-state index is -1.08. The van der Waals surface area contributed by atoms with E-state index in [1.165, 1.54) is 0 Å². The van der Waals surface area contributed by atoms with Crippen LogP contribution < -0.4 is 11.1 Å². The third-order valence-corrected chi connectivity index (χ3v) is 5.57. The summed E-state index contributed by atoms with van der Waals surface area (Å²) in [6, 6.07) is 0. The van der Waals surface area contributed by atoms with Crippen molar-refractivity contribution < 1.29 is 19.4 Å². The van der Waals surface area contributed by atoms with Crippen LogP contribution >= 0.6 is 0 Å². The first-order valence-corrected chi connectivity index (χ1v) is 7.22. The van der Waals surface area contributed by atoms with Gasteiger partial charge in [0.15, 0.2) is 0 Å². The van der Waals surface area contributed by atoms with Gasteiger partial charge < -0.3 is 20.9 Å². The fraction of sp³-hybridized carbons (Fsp3) is 0.857. The number of amides is 1. The molecule has 3 rings (SSSR count). The normalized spacial score (nSPS) is 40.1. The molecule has 1 heterocycles. The van der Waals surface area contributed by atoms with E-state index >= 15 is 0 Å². The average Bonchev–Trinajstić information content (AvgIpc) is 3.18. The quantitative estimate of drug-likeness (QED) is 0.689. The summed E-state index contributed by atoms with van der Waals surface area (Å²) >= 11 is 0. The summed E-state index contributed by atoms with van der Waals surface area (Å²) in [7, 11) is 0. The molecular weight excluding hydrogens is 260 g/mol. The van der Waals surface area contributed by atoms with Crippen molar-refractivity contribution in [3.8, 4) is 0 Å². The van der Waals surface area contributed by atoms with Crippen LogP contribution in [0.3, 0.4) is 0 Å². The average molecular weight is 282 g/mol. The number of rotatable bonds is 3. The molecule has 0 aromatic heterocycles. The molecule has 3 atom stereocenters. The van der Waals surface area contributed by atoms with Crippen molar-refractivity contribution in [3.63, 3.8) is 0 Å². The monoisotopic (exact) mass is 282 g/mol. The largest absolute Gasteiger partial charge is 0.480 e. The topological polar surface area (TPSA) is 102 Å². The predicted octanol–water partition coefficient (Wildman–Crippen LogP) is 0.252. The summed E-state index contributed by atoms with van der Waals surface area (Å²) in [5.74, 6) is -1.33. The zero-order valence-electron chi connectivity index (χ0n) is 11.9. The second-order valence-corrected chi connectivity index (χ2v) is 6.97. The number of carbonyl (C=O) groups is 2. The second kappa shape index (κ2) is 3.95. The Morgan fingerprint density at radius 1 is 1.35 bits per heavy atom. The Labute approximate surface area is 118 Å². The summed E-state index contributed by atoms with van der Waals surface area (Å²) in [5.41, 5.74) is 3.83. The van der Waals surface area contributed by atoms with Crippen molar-refractivity contribution in [3.05, 3.63) is 0 Å². The summed E-state index contributed by atoms with van der Waals surface area (Å²) in [6.07, 6.45) is 2.71. The van der Waals surface area contributed by atoms with Gasteiger partial charge in [-0.3, -0.25) is 4.79 Å². The fourth-order valence-electron chi connectivity index (χ4n) is 3.87. The maximum absolute atomic E-state index is 12.6. The van der Waals surface area contributed by atoms with E-state index in [1.54, 1.807) is 0 Å². The first kappa shape index (κ1) is 13.8. The number of hydrogen-bond acceptors (Lipinski definition) is 4. The molecule has 6 heteroatoms. The maximum Gasteiger partial charge on any atom is 0.329 e. The molecule has 2 saturated carbocycles. The molecule has 20 heavy (non-hydrogen) atoms. The Morgan fingerprint density at radius 3 is 2.55 bits per heavy atom. The van der Waals surface area contributed by atoms with Gasteiger partial charge >= 0.3 is 5.97 Å². The predicted molar refractivity (Wildman–Crippen MR) is 70.9 cm³/mol. The molecule has 2 aliphatic carbocycles. The first-order valence-electron chi connectivity index (χ1n) is 7.22. The molecule has 3 aliphatic rings. The van der Waals surface area contributed by atoms with Gasteiger partial charge in [0, 0.05) is 17.9 Å². The first-order chi connectivity index (χ1) is 9.26. The lowest BCUT2D eigenvalue weighted by Gasteiger charge is -2.65. The van der Waals surface area contributed by atoms with E-state index in [2.05, 4.69) is 5.32 Å². The van der Waals surface area contributed by atoms with Crippen LogP contribution in [-0.2, 0) is 14.3 Å². The van der Waals surface area contributed by atoms with Crippen LogP contribution in [0.4, 0.5) is 0 Å². The lowest BCUT2D eigenvalue weighted by atomic mass is 9.46. The molecule has 1 aliphatic heterocycles. The molecule has 3 fully saturated rings. The van der Waals surface area contributed by atoms with E-state index in [4.69, 9.17) is 10.5 Å². The van der Waals surface area contributed by atoms with E-state index < -0.39 is 22.5 Å². The minimum Gasteiger partial charge on any atom is -0.480 e. The number of carboxylic acids is 1. The van der Waals surface area contributed by atoms with Gasteiger partial charge in [-0.15, -0.1) is 0 Å². The third-order valence-electron chi connectivity index (χ3n) is 5.57. The highest BCUT2D eigenvalue weighted by atomic mass is 16.5. The van der Waals surface area contributed by atoms with E-state index in [0.717, 1.165) is 12.8 Å². The zero-order valence-corrected chi connectivity index (χ0v) is 11.9. The van der Waals surface area contributed by atoms with Crippen LogP contribution in [0.2, 0.25) is 0 Å². The van der Waals surface area contributed by atoms with Crippen molar-refractivity contribution in [2.24, 2.45) is 17.1 Å². The van der Waals surface area contributed by atoms with E-state index in [9.17, 15) is 14.7 Å². The van der Waals surface area contributed by atoms with Gasteiger partial charge in [0.05, 0.1) is 6.10 Å². The van der Waals surface area contributed by atoms with Crippen LogP contribution in [0.15, 0.2) is 0 Å². The molecule has 3 unspecified atom stereocenters. The number of fused-ring (bicyclic) bond motifs is 1. The number of carboxylic acid groups (broad SMARTS) is 1. The summed E-state index contributed by atoms with van der Waals surface area (Å²) in [4.78, 5) is 23.8. The van der Waals surface area contributed by atoms with Gasteiger partial charge in [-0.05, 0) is 25.7 Å². The van der Waals surface area contributed by atoms with Gasteiger partial charge in [-0.1, -0.05) is 13.8 Å². The number of hydrogen-bond donors (Lipinski definition) is 3. The van der Waals surface area contributed by atoms with Crippen LogP contribution in [0, 0.1) is 11.3 Å². The van der Waals surface area contributed by atoms with Gasteiger partial charge in [0.25, 0.3) is 0 Å². The third kappa shape index (κ3) is 1.52. The Morgan fingerprint density at radius 2 is 2.00 bits per heavy atom. The standard InChI is InChI=1S/C14H22N2O4/c1-12(2)9-8(4-3-7-20-9)14(12,15)10(17)16-13(5-6-13)11(18)19/h8-9H,3-7,15H2,1-2H3,(H,16,17)(H,18,19). The van der Waals surface area contributed by atoms with Gasteiger partial charge in [-0.2, -0.15) is 0 Å². The smallest absolute Gasteiger partial charge is 0.329 e. The molecular formula is C14H22N2O4. The molecule has 1 saturated heterocycles. The molecule has 1 amide bonds. The summed E-state index contributed by atoms with van der Waals surface area (Å²) < 4.78 is 5.75. The highest BCUT2D eigenvalue weighted by Gasteiger charge is 2.71. The molecule has 0 spiro atoms. The second-order valence-electron chi connectivity index (χ2n) is 6.97. The van der Waals surface area contributed by atoms with Crippen molar-refractivity contribution in [2.75, 3.05) is 6.61 Å². The van der Waals surface area contributed by atoms with Gasteiger partial charge in [0.2, 0.25) is 5.91 Å². The maximum atomic E-state index is 12.6. The van der Waals surface area contributed by atoms with Gasteiger partial charge in [0.1, 0.15) is 11.1 Å². The highest BCUT2D eigenvalue weighted by Crippen LogP contribution is 2.57. The van der Waals surface area contributed by atoms with Crippen molar-refractivity contribution in [1.29, 1.82) is 0 Å². The summed E-state index contributed by atoms with van der Waals surface area (Å²) in [5, 5.41) is 11.9. The zero-order chi connectivity index (χ0) is 14.8. The van der Waals surface area contributed by atoms with Crippen molar-refractivity contribution in [2.45, 2.75) is 56.7 Å². The lowest BCUT2D eigenvalue weighted by Crippen LogP contribution is -2.83. The Hall–Kier alpha value is -1.14. The van der Waals surface area contributed by atoms with Crippen LogP contribution in [0.25, 0.3) is 0 Å². The number of carbonyl (C=O) groups excluding carboxylic acids is 1. The minimum absolute atomic E-state index is 0.00742. The van der Waals surface area contributed by atoms with Crippen LogP contribution in [0.5, 0.6) is 0 Å². The van der Waals surface area contributed by atoms with E-state index in [-0.39, 0.29) is 17.9 Å². The number of nitrogens with two attached hydrogens (primary N) is 1. The van der Waals surface area contributed by atoms with Crippen LogP contribution in [-0.4, -0.2) is 40.8 Å². The lowest BCUT2D eigenvalue weighted by molar-refractivity contribution is -0.225. The SMILES string of the molecule is CC1(C)C2OCCCC2C1(N)C(=O)NC1(C(=O)O)CC1. The highest BCUT2D eigenvalue weighted by molar-refractivity contribution is 5.95. The molecule has 0 bridgehead atoms. The van der Waals surface area contributed by atoms with Gasteiger partial charge in [-0.25, -0.2) is 4.79 Å². The Kier molecular flexibility index (Phi) is 2.73.